The average molecular weight is 484 g/mol. The molecular weight excluding hydrogens is 458 g/mol. The second kappa shape index (κ2) is 10.2. The van der Waals surface area contributed by atoms with Gasteiger partial charge in [0, 0.05) is 10.6 Å². The number of benzene rings is 3. The number of carbonyl (C=O) groups is 1. The summed E-state index contributed by atoms with van der Waals surface area (Å²) in [6.07, 6.45) is 2.75. The van der Waals surface area contributed by atoms with E-state index >= 15 is 0 Å². The van der Waals surface area contributed by atoms with E-state index < -0.39 is 15.9 Å². The predicted octanol–water partition coefficient (Wildman–Crippen LogP) is 5.00. The number of amides is 1. The van der Waals surface area contributed by atoms with Crippen molar-refractivity contribution in [3.63, 3.8) is 0 Å². The zero-order valence-electron chi connectivity index (χ0n) is 19.0. The molecule has 0 saturated carbocycles. The van der Waals surface area contributed by atoms with E-state index in [1.807, 2.05) is 32.9 Å². The van der Waals surface area contributed by atoms with Crippen LogP contribution in [0, 0.1) is 20.8 Å². The monoisotopic (exact) mass is 483 g/mol. The molecule has 8 heteroatoms. The van der Waals surface area contributed by atoms with Gasteiger partial charge in [0.15, 0.2) is 0 Å². The normalized spacial score (nSPS) is 11.5. The van der Waals surface area contributed by atoms with Gasteiger partial charge in [0.2, 0.25) is 10.0 Å². The smallest absolute Gasteiger partial charge is 0.267 e. The second-order valence-corrected chi connectivity index (χ2v) is 10.1. The SMILES string of the molecule is Cc1ccc(C=NNC(=O)c2ccc(N(Cc3ccccc3Cl)S(C)(=O)=O)cc2)c(C)c1C. The topological polar surface area (TPSA) is 78.8 Å². The van der Waals surface area contributed by atoms with Gasteiger partial charge in [-0.25, -0.2) is 13.8 Å². The largest absolute Gasteiger partial charge is 0.271 e. The van der Waals surface area contributed by atoms with Crippen molar-refractivity contribution in [1.29, 1.82) is 0 Å². The Kier molecular flexibility index (Phi) is 7.56. The fourth-order valence-corrected chi connectivity index (χ4v) is 4.38. The fourth-order valence-electron chi connectivity index (χ4n) is 3.30. The third-order valence-corrected chi connectivity index (χ3v) is 7.07. The molecule has 6 nitrogen and oxygen atoms in total. The lowest BCUT2D eigenvalue weighted by molar-refractivity contribution is 0.0955. The van der Waals surface area contributed by atoms with Crippen molar-refractivity contribution < 1.29 is 13.2 Å². The van der Waals surface area contributed by atoms with E-state index in [9.17, 15) is 13.2 Å². The van der Waals surface area contributed by atoms with Gasteiger partial charge in [-0.1, -0.05) is 41.9 Å². The summed E-state index contributed by atoms with van der Waals surface area (Å²) in [5.74, 6) is -0.392. The Morgan fingerprint density at radius 2 is 1.67 bits per heavy atom. The van der Waals surface area contributed by atoms with Crippen LogP contribution in [0.2, 0.25) is 5.02 Å². The minimum absolute atomic E-state index is 0.0870. The third kappa shape index (κ3) is 6.00. The highest BCUT2D eigenvalue weighted by Gasteiger charge is 2.19. The van der Waals surface area contributed by atoms with E-state index in [-0.39, 0.29) is 6.54 Å². The van der Waals surface area contributed by atoms with Crippen LogP contribution in [0.15, 0.2) is 65.8 Å². The van der Waals surface area contributed by atoms with Crippen molar-refractivity contribution in [2.24, 2.45) is 5.10 Å². The van der Waals surface area contributed by atoms with E-state index in [2.05, 4.69) is 10.5 Å². The maximum atomic E-state index is 12.5. The quantitative estimate of drug-likeness (QED) is 0.379. The number of aryl methyl sites for hydroxylation is 1. The minimum atomic E-state index is -3.57. The first-order valence-corrected chi connectivity index (χ1v) is 12.5. The summed E-state index contributed by atoms with van der Waals surface area (Å²) in [5, 5.41) is 4.55. The van der Waals surface area contributed by atoms with Gasteiger partial charge in [0.05, 0.1) is 24.7 Å². The van der Waals surface area contributed by atoms with Gasteiger partial charge >= 0.3 is 0 Å². The molecule has 0 heterocycles. The zero-order valence-corrected chi connectivity index (χ0v) is 20.5. The van der Waals surface area contributed by atoms with Crippen molar-refractivity contribution in [3.05, 3.63) is 99.1 Å². The number of hydrogen-bond donors (Lipinski definition) is 1. The first-order chi connectivity index (χ1) is 15.6. The summed E-state index contributed by atoms with van der Waals surface area (Å²) in [6, 6.07) is 17.3. The van der Waals surface area contributed by atoms with Crippen LogP contribution in [0.4, 0.5) is 5.69 Å². The molecule has 1 amide bonds. The van der Waals surface area contributed by atoms with Crippen LogP contribution in [-0.2, 0) is 16.6 Å². The standard InChI is InChI=1S/C25H26ClN3O3S/c1-17-9-10-21(19(3)18(17)2)15-27-28-25(30)20-11-13-23(14-12-20)29(33(4,31)32)16-22-7-5-6-8-24(22)26/h5-15H,16H2,1-4H3,(H,28,30). The van der Waals surface area contributed by atoms with Crippen LogP contribution >= 0.6 is 11.6 Å². The maximum Gasteiger partial charge on any atom is 0.271 e. The Balaban J connectivity index is 1.74. The summed E-state index contributed by atoms with van der Waals surface area (Å²) in [7, 11) is -3.57. The van der Waals surface area contributed by atoms with Crippen LogP contribution in [0.5, 0.6) is 0 Å². The van der Waals surface area contributed by atoms with Crippen molar-refractivity contribution in [2.75, 3.05) is 10.6 Å². The molecule has 0 aliphatic heterocycles. The predicted molar refractivity (Wildman–Crippen MR) is 135 cm³/mol. The molecule has 3 aromatic rings. The number of halogens is 1. The van der Waals surface area contributed by atoms with E-state index in [0.29, 0.717) is 21.8 Å². The lowest BCUT2D eigenvalue weighted by Crippen LogP contribution is -2.29. The summed E-state index contributed by atoms with van der Waals surface area (Å²) >= 11 is 6.20. The van der Waals surface area contributed by atoms with Gasteiger partial charge in [-0.2, -0.15) is 5.10 Å². The van der Waals surface area contributed by atoms with E-state index in [4.69, 9.17) is 11.6 Å². The summed E-state index contributed by atoms with van der Waals surface area (Å²) in [5.41, 5.74) is 8.42. The molecule has 0 atom stereocenters. The van der Waals surface area contributed by atoms with Crippen LogP contribution in [0.1, 0.15) is 38.2 Å². The molecule has 0 fully saturated rings. The molecular formula is C25H26ClN3O3S. The van der Waals surface area contributed by atoms with Gasteiger partial charge < -0.3 is 0 Å². The highest BCUT2D eigenvalue weighted by molar-refractivity contribution is 7.92. The number of carbonyl (C=O) groups excluding carboxylic acids is 1. The summed E-state index contributed by atoms with van der Waals surface area (Å²) in [4.78, 5) is 12.5. The molecule has 0 aromatic heterocycles. The molecule has 172 valence electrons. The van der Waals surface area contributed by atoms with Gasteiger partial charge in [-0.3, -0.25) is 9.10 Å². The third-order valence-electron chi connectivity index (χ3n) is 5.56. The Bertz CT molecular complexity index is 1300. The number of hydrazone groups is 1. The van der Waals surface area contributed by atoms with Gasteiger partial charge in [-0.05, 0) is 78.9 Å². The molecule has 0 spiro atoms. The van der Waals surface area contributed by atoms with Gasteiger partial charge in [0.25, 0.3) is 5.91 Å². The minimum Gasteiger partial charge on any atom is -0.267 e. The molecule has 33 heavy (non-hydrogen) atoms. The van der Waals surface area contributed by atoms with Crippen LogP contribution in [0.3, 0.4) is 0 Å². The lowest BCUT2D eigenvalue weighted by atomic mass is 10.00. The summed E-state index contributed by atoms with van der Waals surface area (Å²) < 4.78 is 26.0. The maximum absolute atomic E-state index is 12.5. The van der Waals surface area contributed by atoms with Crippen molar-refractivity contribution >= 4 is 39.4 Å². The second-order valence-electron chi connectivity index (χ2n) is 7.83. The Hall–Kier alpha value is -3.16. The van der Waals surface area contributed by atoms with Crippen molar-refractivity contribution in [1.82, 2.24) is 5.43 Å². The first-order valence-electron chi connectivity index (χ1n) is 10.3. The van der Waals surface area contributed by atoms with E-state index in [0.717, 1.165) is 17.4 Å². The molecule has 0 unspecified atom stereocenters. The highest BCUT2D eigenvalue weighted by atomic mass is 35.5. The van der Waals surface area contributed by atoms with Crippen LogP contribution in [0.25, 0.3) is 0 Å². The highest BCUT2D eigenvalue weighted by Crippen LogP contribution is 2.24. The Morgan fingerprint density at radius 3 is 2.30 bits per heavy atom. The van der Waals surface area contributed by atoms with Crippen molar-refractivity contribution in [2.45, 2.75) is 27.3 Å². The first kappa shape index (κ1) is 24.5. The zero-order chi connectivity index (χ0) is 24.2. The number of rotatable bonds is 7. The number of hydrogen-bond acceptors (Lipinski definition) is 4. The van der Waals surface area contributed by atoms with Gasteiger partial charge in [0.1, 0.15) is 0 Å². The summed E-state index contributed by atoms with van der Waals surface area (Å²) in [6.45, 7) is 6.20. The van der Waals surface area contributed by atoms with Crippen molar-refractivity contribution in [3.8, 4) is 0 Å². The molecule has 0 bridgehead atoms. The molecule has 1 N–H and O–H groups in total. The number of anilines is 1. The lowest BCUT2D eigenvalue weighted by Gasteiger charge is -2.23. The number of sulfonamides is 1. The molecule has 0 saturated heterocycles. The van der Waals surface area contributed by atoms with Crippen LogP contribution < -0.4 is 9.73 Å². The number of nitrogens with zero attached hydrogens (tertiary/aromatic N) is 2. The van der Waals surface area contributed by atoms with Crippen LogP contribution in [-0.4, -0.2) is 26.8 Å². The van der Waals surface area contributed by atoms with Gasteiger partial charge in [-0.15, -0.1) is 0 Å². The van der Waals surface area contributed by atoms with E-state index in [1.54, 1.807) is 54.7 Å². The van der Waals surface area contributed by atoms with E-state index in [1.165, 1.54) is 15.4 Å². The fraction of sp³-hybridized carbons (Fsp3) is 0.200. The average Bonchev–Trinajstić information content (AvgIpc) is 2.78. The Labute approximate surface area is 200 Å². The number of nitrogens with one attached hydrogen (secondary N) is 1. The Morgan fingerprint density at radius 1 is 1.00 bits per heavy atom. The molecule has 3 aromatic carbocycles. The molecule has 3 rings (SSSR count). The molecule has 0 radical (unpaired) electrons. The molecule has 0 aliphatic rings. The molecule has 0 aliphatic carbocycles.